The largest absolute Gasteiger partial charge is 0.248 e. The van der Waals surface area contributed by atoms with Gasteiger partial charge in [-0.1, -0.05) is 45.2 Å². The molecule has 0 amide bonds. The van der Waals surface area contributed by atoms with E-state index in [1.54, 1.807) is 6.07 Å². The van der Waals surface area contributed by atoms with Crippen LogP contribution in [-0.2, 0) is 0 Å². The van der Waals surface area contributed by atoms with Gasteiger partial charge < -0.3 is 0 Å². The molecule has 2 aromatic carbocycles. The van der Waals surface area contributed by atoms with Gasteiger partial charge in [0.2, 0.25) is 0 Å². The maximum atomic E-state index is 13.6. The number of hydrogen-bond donors (Lipinski definition) is 0. The van der Waals surface area contributed by atoms with Crippen molar-refractivity contribution in [1.82, 2.24) is 9.97 Å². The lowest BCUT2D eigenvalue weighted by atomic mass is 10.1. The van der Waals surface area contributed by atoms with Crippen LogP contribution in [0.25, 0.3) is 22.3 Å². The van der Waals surface area contributed by atoms with Crippen molar-refractivity contribution in [2.24, 2.45) is 0 Å². The van der Waals surface area contributed by atoms with Crippen molar-refractivity contribution in [3.8, 4) is 11.3 Å². The molecule has 1 aromatic heterocycles. The zero-order chi connectivity index (χ0) is 15.9. The normalized spacial score (nSPS) is 12.6. The van der Waals surface area contributed by atoms with Gasteiger partial charge in [0.15, 0.2) is 0 Å². The van der Waals surface area contributed by atoms with E-state index in [1.165, 1.54) is 18.2 Å². The fourth-order valence-electron chi connectivity index (χ4n) is 2.21. The summed E-state index contributed by atoms with van der Waals surface area (Å²) in [6.07, 6.45) is 0. The number of benzene rings is 2. The Bertz CT molecular complexity index is 868. The van der Waals surface area contributed by atoms with E-state index in [2.05, 4.69) is 25.9 Å². The Morgan fingerprint density at radius 1 is 1.09 bits per heavy atom. The van der Waals surface area contributed by atoms with Crippen molar-refractivity contribution in [3.05, 3.63) is 58.0 Å². The maximum Gasteiger partial charge on any atom is 0.123 e. The number of para-hydroxylation sites is 1. The number of aromatic nitrogens is 2. The first-order valence-corrected chi connectivity index (χ1v) is 8.20. The predicted octanol–water partition coefficient (Wildman–Crippen LogP) is 6.20. The fourth-order valence-corrected chi connectivity index (χ4v) is 2.95. The lowest BCUT2D eigenvalue weighted by Crippen LogP contribution is -2.00. The monoisotopic (exact) mass is 398 g/mol. The minimum Gasteiger partial charge on any atom is -0.248 e. The number of rotatable bonds is 2. The molecule has 0 saturated heterocycles. The molecule has 6 heteroatoms. The second-order valence-corrected chi connectivity index (χ2v) is 6.99. The third kappa shape index (κ3) is 2.83. The van der Waals surface area contributed by atoms with Crippen LogP contribution in [0.4, 0.5) is 4.39 Å². The molecule has 0 bridgehead atoms. The number of halogens is 4. The topological polar surface area (TPSA) is 25.8 Å². The summed E-state index contributed by atoms with van der Waals surface area (Å²) in [5, 5.41) is 0.907. The molecule has 0 fully saturated rings. The van der Waals surface area contributed by atoms with E-state index in [9.17, 15) is 4.39 Å². The highest BCUT2D eigenvalue weighted by Crippen LogP contribution is 2.36. The van der Waals surface area contributed by atoms with Gasteiger partial charge in [0.25, 0.3) is 0 Å². The summed E-state index contributed by atoms with van der Waals surface area (Å²) < 4.78 is 13.6. The number of alkyl halides is 1. The van der Waals surface area contributed by atoms with E-state index in [0.29, 0.717) is 38.0 Å². The lowest BCUT2D eigenvalue weighted by molar-refractivity contribution is 0.628. The van der Waals surface area contributed by atoms with Crippen LogP contribution in [-0.4, -0.2) is 9.97 Å². The molecular weight excluding hydrogens is 390 g/mol. The van der Waals surface area contributed by atoms with Crippen molar-refractivity contribution >= 4 is 50.2 Å². The summed E-state index contributed by atoms with van der Waals surface area (Å²) in [5.74, 6) is -0.381. The fraction of sp³-hybridized carbons (Fsp3) is 0.125. The van der Waals surface area contributed by atoms with Crippen LogP contribution >= 0.6 is 39.1 Å². The highest BCUT2D eigenvalue weighted by atomic mass is 79.9. The van der Waals surface area contributed by atoms with Gasteiger partial charge in [-0.05, 0) is 37.3 Å². The molecule has 0 radical (unpaired) electrons. The highest BCUT2D eigenvalue weighted by Gasteiger charge is 2.18. The first-order valence-electron chi connectivity index (χ1n) is 6.53. The van der Waals surface area contributed by atoms with E-state index < -0.39 is 0 Å². The second-order valence-electron chi connectivity index (χ2n) is 4.81. The van der Waals surface area contributed by atoms with Crippen molar-refractivity contribution in [3.63, 3.8) is 0 Å². The minimum absolute atomic E-state index is 0.0716. The Morgan fingerprint density at radius 2 is 1.86 bits per heavy atom. The summed E-state index contributed by atoms with van der Waals surface area (Å²) >= 11 is 15.9. The molecule has 0 saturated carbocycles. The van der Waals surface area contributed by atoms with Gasteiger partial charge in [-0.25, -0.2) is 14.4 Å². The van der Waals surface area contributed by atoms with Gasteiger partial charge >= 0.3 is 0 Å². The highest BCUT2D eigenvalue weighted by molar-refractivity contribution is 9.09. The molecule has 0 N–H and O–H groups in total. The number of hydrogen-bond acceptors (Lipinski definition) is 2. The standard InChI is InChI=1S/C16H10BrCl2FN2/c1-8(17)14-15(10-7-9(20)5-6-11(10)18)22-16-12(19)3-2-4-13(16)21-14/h2-8H,1H3. The van der Waals surface area contributed by atoms with Crippen molar-refractivity contribution in [2.75, 3.05) is 0 Å². The summed E-state index contributed by atoms with van der Waals surface area (Å²) in [4.78, 5) is 9.13. The van der Waals surface area contributed by atoms with Gasteiger partial charge in [-0.15, -0.1) is 0 Å². The molecule has 112 valence electrons. The van der Waals surface area contributed by atoms with Crippen molar-refractivity contribution in [2.45, 2.75) is 11.8 Å². The molecule has 2 nitrogen and oxygen atoms in total. The summed E-state index contributed by atoms with van der Waals surface area (Å²) in [6.45, 7) is 1.93. The van der Waals surface area contributed by atoms with Crippen LogP contribution in [0.1, 0.15) is 17.4 Å². The zero-order valence-electron chi connectivity index (χ0n) is 11.4. The Balaban J connectivity index is 2.38. The summed E-state index contributed by atoms with van der Waals surface area (Å²) in [7, 11) is 0. The van der Waals surface area contributed by atoms with Gasteiger partial charge in [0.05, 0.1) is 31.8 Å². The SMILES string of the molecule is CC(Br)c1nc2cccc(Cl)c2nc1-c1cc(F)ccc1Cl. The molecule has 0 aliphatic heterocycles. The maximum absolute atomic E-state index is 13.6. The second kappa shape index (κ2) is 6.11. The first kappa shape index (κ1) is 15.7. The molecule has 0 spiro atoms. The minimum atomic E-state index is -0.381. The Hall–Kier alpha value is -1.23. The predicted molar refractivity (Wildman–Crippen MR) is 92.3 cm³/mol. The zero-order valence-corrected chi connectivity index (χ0v) is 14.5. The van der Waals surface area contributed by atoms with E-state index in [1.807, 2.05) is 19.1 Å². The average molecular weight is 400 g/mol. The Morgan fingerprint density at radius 3 is 2.59 bits per heavy atom. The van der Waals surface area contributed by atoms with Crippen LogP contribution < -0.4 is 0 Å². The van der Waals surface area contributed by atoms with E-state index >= 15 is 0 Å². The number of fused-ring (bicyclic) bond motifs is 1. The molecule has 0 aliphatic carbocycles. The Labute approximate surface area is 145 Å². The van der Waals surface area contributed by atoms with Crippen LogP contribution in [0.3, 0.4) is 0 Å². The molecule has 3 aromatic rings. The van der Waals surface area contributed by atoms with Crippen LogP contribution in [0.5, 0.6) is 0 Å². The van der Waals surface area contributed by atoms with E-state index in [0.717, 1.165) is 0 Å². The van der Waals surface area contributed by atoms with E-state index in [-0.39, 0.29) is 10.6 Å². The quantitative estimate of drug-likeness (QED) is 0.479. The first-order chi connectivity index (χ1) is 10.5. The molecule has 3 rings (SSSR count). The van der Waals surface area contributed by atoms with Gasteiger partial charge in [-0.2, -0.15) is 0 Å². The van der Waals surface area contributed by atoms with Gasteiger partial charge in [-0.3, -0.25) is 0 Å². The third-order valence-corrected chi connectivity index (χ3v) is 4.30. The van der Waals surface area contributed by atoms with Crippen molar-refractivity contribution in [1.29, 1.82) is 0 Å². The van der Waals surface area contributed by atoms with Gasteiger partial charge in [0, 0.05) is 5.56 Å². The lowest BCUT2D eigenvalue weighted by Gasteiger charge is -2.13. The van der Waals surface area contributed by atoms with Crippen LogP contribution in [0, 0.1) is 5.82 Å². The van der Waals surface area contributed by atoms with Crippen molar-refractivity contribution < 1.29 is 4.39 Å². The van der Waals surface area contributed by atoms with Gasteiger partial charge in [0.1, 0.15) is 11.3 Å². The Kier molecular flexibility index (Phi) is 4.35. The molecule has 1 atom stereocenters. The van der Waals surface area contributed by atoms with E-state index in [4.69, 9.17) is 23.2 Å². The van der Waals surface area contributed by atoms with Crippen LogP contribution in [0.2, 0.25) is 10.0 Å². The third-order valence-electron chi connectivity index (χ3n) is 3.23. The molecule has 1 heterocycles. The smallest absolute Gasteiger partial charge is 0.123 e. The van der Waals surface area contributed by atoms with Crippen LogP contribution in [0.15, 0.2) is 36.4 Å². The molecule has 0 aliphatic rings. The average Bonchev–Trinajstić information content (AvgIpc) is 2.49. The molecular formula is C16H10BrCl2FN2. The summed E-state index contributed by atoms with van der Waals surface area (Å²) in [5.41, 5.74) is 2.95. The molecule has 1 unspecified atom stereocenters. The molecule has 22 heavy (non-hydrogen) atoms. The number of nitrogens with zero attached hydrogens (tertiary/aromatic N) is 2. The summed E-state index contributed by atoms with van der Waals surface area (Å²) in [6, 6.07) is 9.57.